The molecule has 1 aliphatic carbocycles. The standard InChI is InChI=1S/C17H26FNO/c1-2-20-17(11-5-3-4-6-12-17)16(19)13-14-7-9-15(18)10-8-14/h7-10,16H,2-6,11-13,19H2,1H3. The minimum absolute atomic E-state index is 0.0222. The van der Waals surface area contributed by atoms with Crippen LogP contribution in [0.15, 0.2) is 24.3 Å². The SMILES string of the molecule is CCOC1(C(N)Cc2ccc(F)cc2)CCCCCC1. The molecule has 2 N–H and O–H groups in total. The van der Waals surface area contributed by atoms with Crippen LogP contribution in [-0.2, 0) is 11.2 Å². The number of nitrogens with two attached hydrogens (primary N) is 1. The van der Waals surface area contributed by atoms with Crippen molar-refractivity contribution in [3.63, 3.8) is 0 Å². The Morgan fingerprint density at radius 1 is 1.15 bits per heavy atom. The molecule has 0 aliphatic heterocycles. The van der Waals surface area contributed by atoms with E-state index in [0.717, 1.165) is 24.8 Å². The van der Waals surface area contributed by atoms with Crippen LogP contribution in [0.5, 0.6) is 0 Å². The summed E-state index contributed by atoms with van der Waals surface area (Å²) in [6.45, 7) is 2.74. The lowest BCUT2D eigenvalue weighted by Crippen LogP contribution is -2.51. The van der Waals surface area contributed by atoms with Crippen molar-refractivity contribution in [2.24, 2.45) is 5.73 Å². The van der Waals surface area contributed by atoms with E-state index in [0.29, 0.717) is 6.61 Å². The fourth-order valence-corrected chi connectivity index (χ4v) is 3.30. The van der Waals surface area contributed by atoms with E-state index in [4.69, 9.17) is 10.5 Å². The van der Waals surface area contributed by atoms with Crippen LogP contribution >= 0.6 is 0 Å². The summed E-state index contributed by atoms with van der Waals surface area (Å²) in [5.74, 6) is -0.198. The van der Waals surface area contributed by atoms with E-state index in [1.165, 1.54) is 37.8 Å². The lowest BCUT2D eigenvalue weighted by Gasteiger charge is -2.38. The van der Waals surface area contributed by atoms with Crippen LogP contribution in [0.3, 0.4) is 0 Å². The third-order valence-electron chi connectivity index (χ3n) is 4.43. The van der Waals surface area contributed by atoms with Crippen molar-refractivity contribution < 1.29 is 9.13 Å². The van der Waals surface area contributed by atoms with Crippen molar-refractivity contribution in [2.45, 2.75) is 63.5 Å². The fourth-order valence-electron chi connectivity index (χ4n) is 3.30. The summed E-state index contributed by atoms with van der Waals surface area (Å²) in [7, 11) is 0. The summed E-state index contributed by atoms with van der Waals surface area (Å²) in [5, 5.41) is 0. The van der Waals surface area contributed by atoms with Gasteiger partial charge in [0.15, 0.2) is 0 Å². The summed E-state index contributed by atoms with van der Waals surface area (Å²) >= 11 is 0. The third-order valence-corrected chi connectivity index (χ3v) is 4.43. The summed E-state index contributed by atoms with van der Waals surface area (Å²) in [6, 6.07) is 6.63. The summed E-state index contributed by atoms with van der Waals surface area (Å²) in [5.41, 5.74) is 7.38. The molecule has 1 unspecified atom stereocenters. The van der Waals surface area contributed by atoms with Gasteiger partial charge in [-0.1, -0.05) is 37.8 Å². The second-order valence-electron chi connectivity index (χ2n) is 5.85. The maximum Gasteiger partial charge on any atom is 0.123 e. The molecule has 20 heavy (non-hydrogen) atoms. The molecule has 2 rings (SSSR count). The van der Waals surface area contributed by atoms with Gasteiger partial charge in [0.1, 0.15) is 5.82 Å². The van der Waals surface area contributed by atoms with Crippen LogP contribution in [0.4, 0.5) is 4.39 Å². The second kappa shape index (κ2) is 7.19. The van der Waals surface area contributed by atoms with E-state index in [1.807, 2.05) is 19.1 Å². The van der Waals surface area contributed by atoms with Crippen LogP contribution in [0.1, 0.15) is 51.0 Å². The Morgan fingerprint density at radius 3 is 2.30 bits per heavy atom. The fraction of sp³-hybridized carbons (Fsp3) is 0.647. The van der Waals surface area contributed by atoms with Gasteiger partial charge in [0, 0.05) is 12.6 Å². The zero-order valence-electron chi connectivity index (χ0n) is 12.4. The Labute approximate surface area is 121 Å². The Hall–Kier alpha value is -0.930. The molecule has 1 aliphatic rings. The lowest BCUT2D eigenvalue weighted by atomic mass is 9.83. The Morgan fingerprint density at radius 2 is 1.75 bits per heavy atom. The van der Waals surface area contributed by atoms with E-state index < -0.39 is 0 Å². The molecule has 1 atom stereocenters. The molecule has 2 nitrogen and oxygen atoms in total. The van der Waals surface area contributed by atoms with Crippen molar-refractivity contribution >= 4 is 0 Å². The van der Waals surface area contributed by atoms with Crippen LogP contribution in [0, 0.1) is 5.82 Å². The summed E-state index contributed by atoms with van der Waals surface area (Å²) in [4.78, 5) is 0. The quantitative estimate of drug-likeness (QED) is 0.831. The van der Waals surface area contributed by atoms with Crippen molar-refractivity contribution in [3.05, 3.63) is 35.6 Å². The monoisotopic (exact) mass is 279 g/mol. The van der Waals surface area contributed by atoms with Gasteiger partial charge in [0.05, 0.1) is 5.60 Å². The molecule has 1 fully saturated rings. The Bertz CT molecular complexity index is 396. The van der Waals surface area contributed by atoms with E-state index >= 15 is 0 Å². The van der Waals surface area contributed by atoms with Crippen molar-refractivity contribution in [1.82, 2.24) is 0 Å². The Balaban J connectivity index is 2.09. The minimum Gasteiger partial charge on any atom is -0.374 e. The number of benzene rings is 1. The number of rotatable bonds is 5. The molecule has 0 bridgehead atoms. The molecular formula is C17H26FNO. The Kier molecular flexibility index (Phi) is 5.55. The van der Waals surface area contributed by atoms with Gasteiger partial charge in [-0.05, 0) is 43.9 Å². The third kappa shape index (κ3) is 3.80. The smallest absolute Gasteiger partial charge is 0.123 e. The molecule has 0 aromatic heterocycles. The zero-order valence-corrected chi connectivity index (χ0v) is 12.4. The molecule has 0 saturated heterocycles. The summed E-state index contributed by atoms with van der Waals surface area (Å²) in [6.07, 6.45) is 7.77. The van der Waals surface area contributed by atoms with Gasteiger partial charge in [-0.3, -0.25) is 0 Å². The van der Waals surface area contributed by atoms with Gasteiger partial charge in [0.2, 0.25) is 0 Å². The van der Waals surface area contributed by atoms with Crippen molar-refractivity contribution in [1.29, 1.82) is 0 Å². The first kappa shape index (κ1) is 15.5. The van der Waals surface area contributed by atoms with E-state index in [9.17, 15) is 4.39 Å². The number of hydrogen-bond donors (Lipinski definition) is 1. The number of halogens is 1. The van der Waals surface area contributed by atoms with Gasteiger partial charge in [-0.15, -0.1) is 0 Å². The summed E-state index contributed by atoms with van der Waals surface area (Å²) < 4.78 is 19.1. The first-order chi connectivity index (χ1) is 9.66. The highest BCUT2D eigenvalue weighted by Crippen LogP contribution is 2.34. The van der Waals surface area contributed by atoms with Crippen LogP contribution in [-0.4, -0.2) is 18.2 Å². The van der Waals surface area contributed by atoms with E-state index in [2.05, 4.69) is 0 Å². The highest BCUT2D eigenvalue weighted by atomic mass is 19.1. The maximum absolute atomic E-state index is 13.0. The molecule has 1 aromatic rings. The van der Waals surface area contributed by atoms with Crippen LogP contribution < -0.4 is 5.73 Å². The number of hydrogen-bond acceptors (Lipinski definition) is 2. The molecule has 0 heterocycles. The van der Waals surface area contributed by atoms with E-state index in [-0.39, 0.29) is 17.5 Å². The molecule has 0 amide bonds. The van der Waals surface area contributed by atoms with Gasteiger partial charge < -0.3 is 10.5 Å². The maximum atomic E-state index is 13.0. The molecule has 1 aromatic carbocycles. The largest absolute Gasteiger partial charge is 0.374 e. The second-order valence-corrected chi connectivity index (χ2v) is 5.85. The molecular weight excluding hydrogens is 253 g/mol. The topological polar surface area (TPSA) is 35.2 Å². The van der Waals surface area contributed by atoms with Crippen LogP contribution in [0.2, 0.25) is 0 Å². The molecule has 1 saturated carbocycles. The first-order valence-electron chi connectivity index (χ1n) is 7.80. The number of ether oxygens (including phenoxy) is 1. The molecule has 3 heteroatoms. The van der Waals surface area contributed by atoms with Crippen LogP contribution in [0.25, 0.3) is 0 Å². The first-order valence-corrected chi connectivity index (χ1v) is 7.80. The minimum atomic E-state index is -0.198. The van der Waals surface area contributed by atoms with Gasteiger partial charge in [-0.2, -0.15) is 0 Å². The van der Waals surface area contributed by atoms with Gasteiger partial charge in [0.25, 0.3) is 0 Å². The predicted molar refractivity (Wildman–Crippen MR) is 80.1 cm³/mol. The predicted octanol–water partition coefficient (Wildman–Crippen LogP) is 3.83. The average molecular weight is 279 g/mol. The van der Waals surface area contributed by atoms with Gasteiger partial charge in [-0.25, -0.2) is 4.39 Å². The molecule has 0 spiro atoms. The zero-order chi connectivity index (χ0) is 14.4. The van der Waals surface area contributed by atoms with Gasteiger partial charge >= 0.3 is 0 Å². The highest BCUT2D eigenvalue weighted by molar-refractivity contribution is 5.18. The van der Waals surface area contributed by atoms with Crippen molar-refractivity contribution in [3.8, 4) is 0 Å². The highest BCUT2D eigenvalue weighted by Gasteiger charge is 2.37. The molecule has 0 radical (unpaired) electrons. The normalized spacial score (nSPS) is 20.4. The average Bonchev–Trinajstić information content (AvgIpc) is 2.68. The van der Waals surface area contributed by atoms with Crippen molar-refractivity contribution in [2.75, 3.05) is 6.61 Å². The lowest BCUT2D eigenvalue weighted by molar-refractivity contribution is -0.0683. The van der Waals surface area contributed by atoms with E-state index in [1.54, 1.807) is 0 Å². The molecule has 112 valence electrons.